The molecule has 1 aromatic carbocycles. The van der Waals surface area contributed by atoms with E-state index in [0.717, 1.165) is 28.6 Å². The van der Waals surface area contributed by atoms with Crippen molar-refractivity contribution in [1.29, 1.82) is 0 Å². The summed E-state index contributed by atoms with van der Waals surface area (Å²) in [7, 11) is 0. The molecule has 1 aromatic heterocycles. The Morgan fingerprint density at radius 2 is 2.11 bits per heavy atom. The minimum absolute atomic E-state index is 0.178. The van der Waals surface area contributed by atoms with Crippen molar-refractivity contribution in [2.45, 2.75) is 32.1 Å². The third kappa shape index (κ3) is 2.38. The smallest absolute Gasteiger partial charge is 0.227 e. The van der Waals surface area contributed by atoms with Gasteiger partial charge in [-0.05, 0) is 42.6 Å². The van der Waals surface area contributed by atoms with Gasteiger partial charge in [0.2, 0.25) is 5.91 Å². The molecule has 0 bridgehead atoms. The predicted octanol–water partition coefficient (Wildman–Crippen LogP) is 3.82. The summed E-state index contributed by atoms with van der Waals surface area (Å²) in [4.78, 5) is 12.1. The van der Waals surface area contributed by atoms with Gasteiger partial charge in [-0.2, -0.15) is 4.37 Å². The van der Waals surface area contributed by atoms with Crippen LogP contribution in [-0.2, 0) is 4.79 Å². The number of anilines is 1. The topological polar surface area (TPSA) is 42.0 Å². The van der Waals surface area contributed by atoms with Crippen LogP contribution in [0.4, 0.5) is 5.69 Å². The average Bonchev–Trinajstić information content (AvgIpc) is 2.87. The summed E-state index contributed by atoms with van der Waals surface area (Å²) in [6, 6.07) is 5.98. The van der Waals surface area contributed by atoms with Crippen LogP contribution in [0.25, 0.3) is 10.1 Å². The molecule has 0 atom stereocenters. The summed E-state index contributed by atoms with van der Waals surface area (Å²) in [5, 5.41) is 4.13. The first-order valence-electron chi connectivity index (χ1n) is 6.48. The molecule has 2 aromatic rings. The number of rotatable bonds is 2. The van der Waals surface area contributed by atoms with E-state index in [1.54, 1.807) is 0 Å². The quantitative estimate of drug-likeness (QED) is 0.892. The van der Waals surface area contributed by atoms with Crippen molar-refractivity contribution < 1.29 is 4.79 Å². The fourth-order valence-corrected chi connectivity index (χ4v) is 3.19. The molecule has 0 spiro atoms. The molecule has 18 heavy (non-hydrogen) atoms. The van der Waals surface area contributed by atoms with Gasteiger partial charge in [-0.3, -0.25) is 4.79 Å². The van der Waals surface area contributed by atoms with Crippen molar-refractivity contribution >= 4 is 33.2 Å². The fourth-order valence-electron chi connectivity index (χ4n) is 2.56. The van der Waals surface area contributed by atoms with E-state index in [9.17, 15) is 4.79 Å². The first-order chi connectivity index (χ1) is 8.83. The highest BCUT2D eigenvalue weighted by molar-refractivity contribution is 7.13. The second-order valence-corrected chi connectivity index (χ2v) is 5.74. The molecule has 0 aliphatic heterocycles. The molecule has 0 saturated heterocycles. The van der Waals surface area contributed by atoms with Crippen molar-refractivity contribution in [3.63, 3.8) is 0 Å². The van der Waals surface area contributed by atoms with Crippen LogP contribution < -0.4 is 5.32 Å². The second-order valence-electron chi connectivity index (χ2n) is 4.90. The van der Waals surface area contributed by atoms with Crippen molar-refractivity contribution in [2.75, 3.05) is 5.32 Å². The van der Waals surface area contributed by atoms with Crippen LogP contribution in [-0.4, -0.2) is 10.3 Å². The van der Waals surface area contributed by atoms with Gasteiger partial charge < -0.3 is 5.32 Å². The molecule has 94 valence electrons. The number of amides is 1. The summed E-state index contributed by atoms with van der Waals surface area (Å²) in [5.41, 5.74) is 0.887. The van der Waals surface area contributed by atoms with E-state index < -0.39 is 0 Å². The molecule has 1 amide bonds. The van der Waals surface area contributed by atoms with E-state index in [1.807, 2.05) is 24.4 Å². The van der Waals surface area contributed by atoms with Crippen LogP contribution in [0.3, 0.4) is 0 Å². The van der Waals surface area contributed by atoms with E-state index in [1.165, 1.54) is 30.8 Å². The zero-order valence-electron chi connectivity index (χ0n) is 10.2. The summed E-state index contributed by atoms with van der Waals surface area (Å²) in [6.07, 6.45) is 7.56. The van der Waals surface area contributed by atoms with Crippen molar-refractivity contribution in [3.8, 4) is 0 Å². The first-order valence-corrected chi connectivity index (χ1v) is 7.25. The van der Waals surface area contributed by atoms with E-state index in [0.29, 0.717) is 0 Å². The Balaban J connectivity index is 1.72. The summed E-state index contributed by atoms with van der Waals surface area (Å²) in [5.74, 6) is 0.382. The number of carbonyl (C=O) groups is 1. The van der Waals surface area contributed by atoms with Gasteiger partial charge >= 0.3 is 0 Å². The lowest BCUT2D eigenvalue weighted by atomic mass is 9.88. The van der Waals surface area contributed by atoms with Crippen molar-refractivity contribution in [1.82, 2.24) is 4.37 Å². The Morgan fingerprint density at radius 1 is 1.28 bits per heavy atom. The van der Waals surface area contributed by atoms with Crippen LogP contribution in [0, 0.1) is 5.92 Å². The number of nitrogens with one attached hydrogen (secondary N) is 1. The van der Waals surface area contributed by atoms with Gasteiger partial charge in [0, 0.05) is 23.2 Å². The van der Waals surface area contributed by atoms with Gasteiger partial charge in [-0.25, -0.2) is 0 Å². The molecule has 3 nitrogen and oxygen atoms in total. The molecule has 1 saturated carbocycles. The SMILES string of the molecule is O=C(Nc1ccc2sncc2c1)C1CCCCC1. The highest BCUT2D eigenvalue weighted by Crippen LogP contribution is 2.26. The van der Waals surface area contributed by atoms with Crippen LogP contribution in [0.2, 0.25) is 0 Å². The molecule has 1 fully saturated rings. The number of fused-ring (bicyclic) bond motifs is 1. The van der Waals surface area contributed by atoms with Gasteiger partial charge in [-0.1, -0.05) is 19.3 Å². The number of hydrogen-bond acceptors (Lipinski definition) is 3. The van der Waals surface area contributed by atoms with E-state index in [-0.39, 0.29) is 11.8 Å². The van der Waals surface area contributed by atoms with Gasteiger partial charge in [0.05, 0.1) is 4.70 Å². The third-order valence-corrected chi connectivity index (χ3v) is 4.38. The van der Waals surface area contributed by atoms with Gasteiger partial charge in [-0.15, -0.1) is 0 Å². The van der Waals surface area contributed by atoms with Crippen LogP contribution in [0.15, 0.2) is 24.4 Å². The second kappa shape index (κ2) is 5.06. The fraction of sp³-hybridized carbons (Fsp3) is 0.429. The van der Waals surface area contributed by atoms with Gasteiger partial charge in [0.15, 0.2) is 0 Å². The number of nitrogens with zero attached hydrogens (tertiary/aromatic N) is 1. The van der Waals surface area contributed by atoms with Crippen LogP contribution in [0.1, 0.15) is 32.1 Å². The van der Waals surface area contributed by atoms with E-state index in [4.69, 9.17) is 0 Å². The maximum absolute atomic E-state index is 12.1. The largest absolute Gasteiger partial charge is 0.326 e. The maximum Gasteiger partial charge on any atom is 0.227 e. The van der Waals surface area contributed by atoms with Gasteiger partial charge in [0.1, 0.15) is 0 Å². The van der Waals surface area contributed by atoms with E-state index in [2.05, 4.69) is 9.69 Å². The minimum Gasteiger partial charge on any atom is -0.326 e. The van der Waals surface area contributed by atoms with Crippen LogP contribution >= 0.6 is 11.5 Å². The molecule has 0 unspecified atom stereocenters. The Labute approximate surface area is 110 Å². The molecule has 0 radical (unpaired) electrons. The summed E-state index contributed by atoms with van der Waals surface area (Å²) >= 11 is 1.48. The highest BCUT2D eigenvalue weighted by atomic mass is 32.1. The Hall–Kier alpha value is -1.42. The lowest BCUT2D eigenvalue weighted by molar-refractivity contribution is -0.120. The normalized spacial score (nSPS) is 16.9. The molecule has 4 heteroatoms. The minimum atomic E-state index is 0.178. The standard InChI is InChI=1S/C14H16N2OS/c17-14(10-4-2-1-3-5-10)16-12-6-7-13-11(8-12)9-15-18-13/h6-10H,1-5H2,(H,16,17). The van der Waals surface area contributed by atoms with Crippen LogP contribution in [0.5, 0.6) is 0 Å². The maximum atomic E-state index is 12.1. The summed E-state index contributed by atoms with van der Waals surface area (Å²) in [6.45, 7) is 0. The van der Waals surface area contributed by atoms with Crippen molar-refractivity contribution in [3.05, 3.63) is 24.4 Å². The molecule has 1 N–H and O–H groups in total. The first kappa shape index (κ1) is 11.7. The zero-order chi connectivity index (χ0) is 12.4. The number of aromatic nitrogens is 1. The Kier molecular flexibility index (Phi) is 3.28. The average molecular weight is 260 g/mol. The molecule has 1 heterocycles. The lowest BCUT2D eigenvalue weighted by Crippen LogP contribution is -2.24. The monoisotopic (exact) mass is 260 g/mol. The predicted molar refractivity (Wildman–Crippen MR) is 74.8 cm³/mol. The lowest BCUT2D eigenvalue weighted by Gasteiger charge is -2.20. The number of hydrogen-bond donors (Lipinski definition) is 1. The van der Waals surface area contributed by atoms with Gasteiger partial charge in [0.25, 0.3) is 0 Å². The summed E-state index contributed by atoms with van der Waals surface area (Å²) < 4.78 is 5.30. The van der Waals surface area contributed by atoms with Crippen molar-refractivity contribution in [2.24, 2.45) is 5.92 Å². The number of benzene rings is 1. The highest BCUT2D eigenvalue weighted by Gasteiger charge is 2.20. The Bertz CT molecular complexity index is 558. The molecule has 1 aliphatic carbocycles. The third-order valence-electron chi connectivity index (χ3n) is 3.60. The zero-order valence-corrected chi connectivity index (χ0v) is 11.0. The van der Waals surface area contributed by atoms with E-state index >= 15 is 0 Å². The Morgan fingerprint density at radius 3 is 2.94 bits per heavy atom. The molecular weight excluding hydrogens is 244 g/mol. The molecular formula is C14H16N2OS. The molecule has 1 aliphatic rings. The molecule has 3 rings (SSSR count). The number of carbonyl (C=O) groups excluding carboxylic acids is 1.